The Labute approximate surface area is 370 Å². The summed E-state index contributed by atoms with van der Waals surface area (Å²) in [5.41, 5.74) is 22.1. The summed E-state index contributed by atoms with van der Waals surface area (Å²) in [6, 6.07) is 35.1. The van der Waals surface area contributed by atoms with E-state index >= 15 is 0 Å². The molecule has 0 saturated heterocycles. The van der Waals surface area contributed by atoms with Crippen LogP contribution in [0.15, 0.2) is 84.9 Å². The van der Waals surface area contributed by atoms with Gasteiger partial charge in [0.05, 0.1) is 22.1 Å². The molecule has 0 amide bonds. The Hall–Kier alpha value is -5.02. The number of fused-ring (bicyclic) bond motifs is 14. The first-order valence-corrected chi connectivity index (χ1v) is 23.3. The number of hydrogen-bond donors (Lipinski definition) is 0. The van der Waals surface area contributed by atoms with E-state index in [0.717, 1.165) is 0 Å². The first kappa shape index (κ1) is 39.8. The maximum Gasteiger partial charge on any atom is 0.247 e. The molecule has 0 aliphatic carbocycles. The van der Waals surface area contributed by atoms with Crippen molar-refractivity contribution in [3.8, 4) is 5.69 Å². The molecule has 314 valence electrons. The number of nitrogens with zero attached hydrogens (tertiary/aromatic N) is 2. The summed E-state index contributed by atoms with van der Waals surface area (Å²) in [4.78, 5) is 0. The van der Waals surface area contributed by atoms with E-state index in [0.29, 0.717) is 0 Å². The van der Waals surface area contributed by atoms with Gasteiger partial charge in [0.1, 0.15) is 0 Å². The summed E-state index contributed by atoms with van der Waals surface area (Å²) >= 11 is 0. The van der Waals surface area contributed by atoms with Gasteiger partial charge in [0, 0.05) is 48.9 Å². The Balaban J connectivity index is 1.35. The minimum atomic E-state index is -0.285. The SMILES string of the molecule is CC(C)(C)c1cc2c3c(c1)C(C)(C)c1c(ccc4c1c1cc(C(C)(C)C)cc5c6cc(C(C)(C)C)ccc6n4c51)B3c1cc(C(C)(C)C)cc3c4cc(C(C)(C)C)ccc4n-2c13. The molecular weight excluding hydrogens is 747 g/mol. The van der Waals surface area contributed by atoms with Crippen molar-refractivity contribution >= 4 is 83.0 Å². The van der Waals surface area contributed by atoms with Crippen molar-refractivity contribution in [2.45, 2.75) is 150 Å². The van der Waals surface area contributed by atoms with E-state index in [2.05, 4.69) is 212 Å². The predicted molar refractivity (Wildman–Crippen MR) is 272 cm³/mol. The van der Waals surface area contributed by atoms with Gasteiger partial charge in [-0.05, 0) is 132 Å². The average Bonchev–Trinajstić information content (AvgIpc) is 3.80. The highest BCUT2D eigenvalue weighted by atomic mass is 15.0. The van der Waals surface area contributed by atoms with Crippen LogP contribution in [-0.2, 0) is 32.5 Å². The maximum absolute atomic E-state index is 2.68. The maximum atomic E-state index is 2.68. The van der Waals surface area contributed by atoms with Crippen molar-refractivity contribution in [2.24, 2.45) is 0 Å². The molecule has 0 atom stereocenters. The van der Waals surface area contributed by atoms with Gasteiger partial charge in [-0.3, -0.25) is 0 Å². The van der Waals surface area contributed by atoms with Gasteiger partial charge < -0.3 is 8.97 Å². The highest BCUT2D eigenvalue weighted by molar-refractivity contribution is 6.99. The van der Waals surface area contributed by atoms with Crippen LogP contribution in [0, 0.1) is 0 Å². The molecule has 0 N–H and O–H groups in total. The normalized spacial score (nSPS) is 15.6. The van der Waals surface area contributed by atoms with Crippen LogP contribution in [0.2, 0.25) is 0 Å². The predicted octanol–water partition coefficient (Wildman–Crippen LogP) is 13.9. The summed E-state index contributed by atoms with van der Waals surface area (Å²) < 4.78 is 5.30. The summed E-state index contributed by atoms with van der Waals surface area (Å²) in [7, 11) is 0. The number of aromatic nitrogens is 2. The molecule has 3 aromatic heterocycles. The van der Waals surface area contributed by atoms with Crippen LogP contribution in [0.1, 0.15) is 157 Å². The summed E-state index contributed by atoms with van der Waals surface area (Å²) in [5.74, 6) is 0. The third kappa shape index (κ3) is 5.17. The fourth-order valence-corrected chi connectivity index (χ4v) is 11.7. The second kappa shape index (κ2) is 11.8. The third-order valence-corrected chi connectivity index (χ3v) is 15.4. The second-order valence-corrected chi connectivity index (χ2v) is 25.2. The first-order chi connectivity index (χ1) is 28.7. The minimum absolute atomic E-state index is 0.0143. The first-order valence-electron chi connectivity index (χ1n) is 23.3. The Morgan fingerprint density at radius 1 is 0.419 bits per heavy atom. The zero-order chi connectivity index (χ0) is 44.3. The lowest BCUT2D eigenvalue weighted by Gasteiger charge is -2.43. The average molecular weight is 813 g/mol. The molecule has 2 nitrogen and oxygen atoms in total. The van der Waals surface area contributed by atoms with Crippen LogP contribution in [0.25, 0.3) is 65.6 Å². The van der Waals surface area contributed by atoms with E-state index in [4.69, 9.17) is 0 Å². The Bertz CT molecular complexity index is 3440. The van der Waals surface area contributed by atoms with Crippen LogP contribution in [-0.4, -0.2) is 15.7 Å². The molecule has 0 unspecified atom stereocenters. The van der Waals surface area contributed by atoms with E-state index in [1.807, 2.05) is 0 Å². The molecule has 2 aliphatic heterocycles. The fourth-order valence-electron chi connectivity index (χ4n) is 11.7. The molecule has 0 radical (unpaired) electrons. The largest absolute Gasteiger partial charge is 0.310 e. The van der Waals surface area contributed by atoms with Crippen LogP contribution in [0.4, 0.5) is 0 Å². The highest BCUT2D eigenvalue weighted by Gasteiger charge is 2.47. The molecule has 2 aliphatic rings. The van der Waals surface area contributed by atoms with Gasteiger partial charge in [-0.15, -0.1) is 0 Å². The van der Waals surface area contributed by atoms with E-state index in [1.54, 1.807) is 0 Å². The standard InChI is InChI=1S/C59H65BN2/c1-54(2,3)32-18-21-45-37(24-32)39-26-34(56(7,8)9)28-41-49-47(61(45)52(39)41)23-20-43-50(49)59(16,17)42-29-36(58(13,14)15)31-48-51(42)60(43)44-30-35(57(10,11)12)27-40-38-25-33(55(4,5)6)19-22-46(38)62(48)53(40)44/h18-31H,1-17H3. The fraction of sp³-hybridized carbons (Fsp3) is 0.390. The van der Waals surface area contributed by atoms with Crippen molar-refractivity contribution < 1.29 is 0 Å². The lowest BCUT2D eigenvalue weighted by Crippen LogP contribution is -2.63. The van der Waals surface area contributed by atoms with E-state index < -0.39 is 0 Å². The van der Waals surface area contributed by atoms with Gasteiger partial charge in [-0.2, -0.15) is 0 Å². The van der Waals surface area contributed by atoms with Crippen molar-refractivity contribution in [3.05, 3.63) is 124 Å². The van der Waals surface area contributed by atoms with Gasteiger partial charge in [0.2, 0.25) is 6.71 Å². The molecule has 5 heterocycles. The van der Waals surface area contributed by atoms with Gasteiger partial charge >= 0.3 is 0 Å². The monoisotopic (exact) mass is 813 g/mol. The van der Waals surface area contributed by atoms with E-state index in [-0.39, 0.29) is 39.2 Å². The molecule has 3 heteroatoms. The summed E-state index contributed by atoms with van der Waals surface area (Å²) in [5, 5.41) is 8.31. The van der Waals surface area contributed by atoms with Crippen molar-refractivity contribution in [1.29, 1.82) is 0 Å². The Morgan fingerprint density at radius 2 is 0.887 bits per heavy atom. The molecule has 9 aromatic rings. The number of rotatable bonds is 0. The summed E-state index contributed by atoms with van der Waals surface area (Å²) in [6.45, 7) is 40.7. The molecule has 11 rings (SSSR count). The zero-order valence-corrected chi connectivity index (χ0v) is 40.6. The third-order valence-electron chi connectivity index (χ3n) is 15.4. The van der Waals surface area contributed by atoms with Gasteiger partial charge in [-0.25, -0.2) is 0 Å². The van der Waals surface area contributed by atoms with Crippen molar-refractivity contribution in [1.82, 2.24) is 8.97 Å². The van der Waals surface area contributed by atoms with Crippen LogP contribution >= 0.6 is 0 Å². The van der Waals surface area contributed by atoms with Gasteiger partial charge in [0.25, 0.3) is 0 Å². The van der Waals surface area contributed by atoms with Crippen molar-refractivity contribution in [2.75, 3.05) is 0 Å². The number of hydrogen-bond acceptors (Lipinski definition) is 0. The van der Waals surface area contributed by atoms with E-state index in [1.165, 1.54) is 121 Å². The molecule has 6 aromatic carbocycles. The molecule has 0 fully saturated rings. The Morgan fingerprint density at radius 3 is 1.47 bits per heavy atom. The molecule has 0 saturated carbocycles. The number of benzene rings is 6. The lowest BCUT2D eigenvalue weighted by molar-refractivity contribution is 0.583. The zero-order valence-electron chi connectivity index (χ0n) is 40.6. The van der Waals surface area contributed by atoms with Crippen LogP contribution in [0.3, 0.4) is 0 Å². The van der Waals surface area contributed by atoms with E-state index in [9.17, 15) is 0 Å². The van der Waals surface area contributed by atoms with Crippen LogP contribution < -0.4 is 16.4 Å². The van der Waals surface area contributed by atoms with Gasteiger partial charge in [-0.1, -0.05) is 153 Å². The molecule has 0 spiro atoms. The quantitative estimate of drug-likeness (QED) is 0.135. The lowest BCUT2D eigenvalue weighted by atomic mass is 9.30. The molecular formula is C59H65BN2. The minimum Gasteiger partial charge on any atom is -0.310 e. The Kier molecular flexibility index (Phi) is 7.55. The van der Waals surface area contributed by atoms with Crippen LogP contribution in [0.5, 0.6) is 0 Å². The highest BCUT2D eigenvalue weighted by Crippen LogP contribution is 2.49. The second-order valence-electron chi connectivity index (χ2n) is 25.2. The topological polar surface area (TPSA) is 9.34 Å². The summed E-state index contributed by atoms with van der Waals surface area (Å²) in [6.07, 6.45) is 0. The smallest absolute Gasteiger partial charge is 0.247 e. The van der Waals surface area contributed by atoms with Crippen molar-refractivity contribution in [3.63, 3.8) is 0 Å². The van der Waals surface area contributed by atoms with Gasteiger partial charge in [0.15, 0.2) is 0 Å². The molecule has 62 heavy (non-hydrogen) atoms. The molecule has 0 bridgehead atoms.